The number of carbonyl (C=O) groups excluding carboxylic acids is 1. The Morgan fingerprint density at radius 2 is 1.90 bits per heavy atom. The fourth-order valence-corrected chi connectivity index (χ4v) is 3.43. The Bertz CT molecular complexity index is 965. The molecule has 0 aliphatic heterocycles. The van der Waals surface area contributed by atoms with E-state index in [9.17, 15) is 9.18 Å². The first-order valence-electron chi connectivity index (χ1n) is 9.78. The molecule has 4 nitrogen and oxygen atoms in total. The van der Waals surface area contributed by atoms with Crippen LogP contribution in [0, 0.1) is 11.7 Å². The second kappa shape index (κ2) is 9.41. The number of amides is 1. The van der Waals surface area contributed by atoms with E-state index in [1.54, 1.807) is 25.3 Å². The SMILES string of the molecule is COc1ccccc1C(=O)N(Cc1cccn1Cc1cccc(F)c1)CC(C)C. The van der Waals surface area contributed by atoms with Crippen LogP contribution in [0.2, 0.25) is 0 Å². The summed E-state index contributed by atoms with van der Waals surface area (Å²) in [6.45, 7) is 5.83. The van der Waals surface area contributed by atoms with E-state index in [0.29, 0.717) is 36.9 Å². The van der Waals surface area contributed by atoms with E-state index in [2.05, 4.69) is 18.4 Å². The van der Waals surface area contributed by atoms with E-state index >= 15 is 0 Å². The summed E-state index contributed by atoms with van der Waals surface area (Å²) in [4.78, 5) is 15.1. The number of hydrogen-bond donors (Lipinski definition) is 0. The van der Waals surface area contributed by atoms with Crippen molar-refractivity contribution < 1.29 is 13.9 Å². The lowest BCUT2D eigenvalue weighted by atomic mass is 10.1. The summed E-state index contributed by atoms with van der Waals surface area (Å²) in [6, 6.07) is 17.8. The van der Waals surface area contributed by atoms with Crippen LogP contribution in [0.4, 0.5) is 4.39 Å². The maximum absolute atomic E-state index is 13.5. The Balaban J connectivity index is 1.84. The van der Waals surface area contributed by atoms with Crippen molar-refractivity contribution in [3.8, 4) is 5.75 Å². The third kappa shape index (κ3) is 5.25. The van der Waals surface area contributed by atoms with Gasteiger partial charge in [0.1, 0.15) is 11.6 Å². The van der Waals surface area contributed by atoms with Gasteiger partial charge < -0.3 is 14.2 Å². The third-order valence-electron chi connectivity index (χ3n) is 4.73. The zero-order chi connectivity index (χ0) is 20.8. The number of methoxy groups -OCH3 is 1. The van der Waals surface area contributed by atoms with Gasteiger partial charge in [0.05, 0.1) is 19.2 Å². The highest BCUT2D eigenvalue weighted by Crippen LogP contribution is 2.22. The molecular formula is C24H27FN2O2. The maximum atomic E-state index is 13.5. The van der Waals surface area contributed by atoms with Crippen molar-refractivity contribution in [2.75, 3.05) is 13.7 Å². The average molecular weight is 394 g/mol. The molecule has 0 radical (unpaired) electrons. The quantitative estimate of drug-likeness (QED) is 0.540. The second-order valence-electron chi connectivity index (χ2n) is 7.54. The van der Waals surface area contributed by atoms with Crippen LogP contribution >= 0.6 is 0 Å². The van der Waals surface area contributed by atoms with Crippen molar-refractivity contribution in [1.29, 1.82) is 0 Å². The van der Waals surface area contributed by atoms with Gasteiger partial charge in [0, 0.05) is 25.0 Å². The smallest absolute Gasteiger partial charge is 0.257 e. The number of hydrogen-bond acceptors (Lipinski definition) is 2. The second-order valence-corrected chi connectivity index (χ2v) is 7.54. The minimum absolute atomic E-state index is 0.0605. The van der Waals surface area contributed by atoms with Gasteiger partial charge in [-0.1, -0.05) is 38.1 Å². The molecule has 0 saturated heterocycles. The van der Waals surface area contributed by atoms with Crippen molar-refractivity contribution >= 4 is 5.91 Å². The Hall–Kier alpha value is -3.08. The van der Waals surface area contributed by atoms with Crippen LogP contribution in [-0.2, 0) is 13.1 Å². The fraction of sp³-hybridized carbons (Fsp3) is 0.292. The van der Waals surface area contributed by atoms with Crippen LogP contribution in [0.1, 0.15) is 35.5 Å². The number of ether oxygens (including phenoxy) is 1. The van der Waals surface area contributed by atoms with Crippen LogP contribution in [0.3, 0.4) is 0 Å². The normalized spacial score (nSPS) is 10.9. The molecule has 29 heavy (non-hydrogen) atoms. The van der Waals surface area contributed by atoms with Gasteiger partial charge in [-0.3, -0.25) is 4.79 Å². The van der Waals surface area contributed by atoms with E-state index < -0.39 is 0 Å². The maximum Gasteiger partial charge on any atom is 0.257 e. The first-order valence-corrected chi connectivity index (χ1v) is 9.78. The minimum Gasteiger partial charge on any atom is -0.496 e. The Kier molecular flexibility index (Phi) is 6.70. The van der Waals surface area contributed by atoms with E-state index in [1.165, 1.54) is 12.1 Å². The number of aromatic nitrogens is 1. The lowest BCUT2D eigenvalue weighted by Crippen LogP contribution is -2.34. The predicted molar refractivity (Wildman–Crippen MR) is 113 cm³/mol. The number of rotatable bonds is 8. The van der Waals surface area contributed by atoms with Crippen LogP contribution in [0.15, 0.2) is 66.9 Å². The molecule has 5 heteroatoms. The van der Waals surface area contributed by atoms with Crippen molar-refractivity contribution in [2.45, 2.75) is 26.9 Å². The van der Waals surface area contributed by atoms with Crippen molar-refractivity contribution in [2.24, 2.45) is 5.92 Å². The average Bonchev–Trinajstić information content (AvgIpc) is 3.13. The molecule has 3 rings (SSSR count). The van der Waals surface area contributed by atoms with Gasteiger partial charge in [-0.15, -0.1) is 0 Å². The topological polar surface area (TPSA) is 34.5 Å². The number of nitrogens with zero attached hydrogens (tertiary/aromatic N) is 2. The zero-order valence-electron chi connectivity index (χ0n) is 17.1. The van der Waals surface area contributed by atoms with Crippen LogP contribution in [0.25, 0.3) is 0 Å². The summed E-state index contributed by atoms with van der Waals surface area (Å²) in [5.41, 5.74) is 2.44. The Morgan fingerprint density at radius 3 is 2.62 bits per heavy atom. The molecule has 0 fully saturated rings. The van der Waals surface area contributed by atoms with Crippen LogP contribution in [-0.4, -0.2) is 29.0 Å². The van der Waals surface area contributed by atoms with Gasteiger partial charge in [0.2, 0.25) is 0 Å². The van der Waals surface area contributed by atoms with Crippen molar-refractivity contribution in [3.63, 3.8) is 0 Å². The molecule has 0 aliphatic carbocycles. The molecule has 0 spiro atoms. The summed E-state index contributed by atoms with van der Waals surface area (Å²) in [6.07, 6.45) is 1.96. The first-order chi connectivity index (χ1) is 14.0. The molecule has 3 aromatic rings. The standard InChI is InChI=1S/C24H27FN2O2/c1-18(2)15-27(24(28)22-11-4-5-12-23(22)29-3)17-21-10-7-13-26(21)16-19-8-6-9-20(25)14-19/h4-14,18H,15-17H2,1-3H3. The zero-order valence-corrected chi connectivity index (χ0v) is 17.1. The molecule has 0 atom stereocenters. The highest BCUT2D eigenvalue weighted by Gasteiger charge is 2.21. The Labute approximate surface area is 171 Å². The largest absolute Gasteiger partial charge is 0.496 e. The molecule has 152 valence electrons. The van der Waals surface area contributed by atoms with Crippen molar-refractivity contribution in [1.82, 2.24) is 9.47 Å². The number of para-hydroxylation sites is 1. The Morgan fingerprint density at radius 1 is 1.10 bits per heavy atom. The molecule has 0 saturated carbocycles. The summed E-state index contributed by atoms with van der Waals surface area (Å²) in [7, 11) is 1.57. The molecule has 1 amide bonds. The number of benzene rings is 2. The summed E-state index contributed by atoms with van der Waals surface area (Å²) < 4.78 is 21.0. The van der Waals surface area contributed by atoms with Gasteiger partial charge in [-0.05, 0) is 47.9 Å². The summed E-state index contributed by atoms with van der Waals surface area (Å²) in [5, 5.41) is 0. The van der Waals surface area contributed by atoms with E-state index in [0.717, 1.165) is 11.3 Å². The van der Waals surface area contributed by atoms with Gasteiger partial charge >= 0.3 is 0 Å². The van der Waals surface area contributed by atoms with E-state index in [-0.39, 0.29) is 11.7 Å². The van der Waals surface area contributed by atoms with Crippen LogP contribution < -0.4 is 4.74 Å². The monoisotopic (exact) mass is 394 g/mol. The molecule has 0 unspecified atom stereocenters. The third-order valence-corrected chi connectivity index (χ3v) is 4.73. The van der Waals surface area contributed by atoms with E-state index in [1.807, 2.05) is 41.4 Å². The van der Waals surface area contributed by atoms with E-state index in [4.69, 9.17) is 4.74 Å². The van der Waals surface area contributed by atoms with Gasteiger partial charge in [0.15, 0.2) is 0 Å². The minimum atomic E-state index is -0.246. The van der Waals surface area contributed by atoms with Gasteiger partial charge in [0.25, 0.3) is 5.91 Å². The molecule has 0 bridgehead atoms. The molecule has 0 N–H and O–H groups in total. The number of halogens is 1. The van der Waals surface area contributed by atoms with Crippen molar-refractivity contribution in [3.05, 3.63) is 89.5 Å². The highest BCUT2D eigenvalue weighted by molar-refractivity contribution is 5.96. The van der Waals surface area contributed by atoms with Crippen LogP contribution in [0.5, 0.6) is 5.75 Å². The molecule has 1 aromatic heterocycles. The molecular weight excluding hydrogens is 367 g/mol. The first kappa shape index (κ1) is 20.6. The van der Waals surface area contributed by atoms with Gasteiger partial charge in [-0.25, -0.2) is 4.39 Å². The summed E-state index contributed by atoms with van der Waals surface area (Å²) in [5.74, 6) is 0.584. The lowest BCUT2D eigenvalue weighted by molar-refractivity contribution is 0.0715. The lowest BCUT2D eigenvalue weighted by Gasteiger charge is -2.26. The highest BCUT2D eigenvalue weighted by atomic mass is 19.1. The van der Waals surface area contributed by atoms with Gasteiger partial charge in [-0.2, -0.15) is 0 Å². The molecule has 1 heterocycles. The molecule has 2 aromatic carbocycles. The number of carbonyl (C=O) groups is 1. The fourth-order valence-electron chi connectivity index (χ4n) is 3.43. The predicted octanol–water partition coefficient (Wildman–Crippen LogP) is 4.98. The molecule has 0 aliphatic rings. The summed E-state index contributed by atoms with van der Waals surface area (Å²) >= 11 is 0.